The molecule has 0 spiro atoms. The number of amides is 1. The van der Waals surface area contributed by atoms with Crippen molar-refractivity contribution in [1.29, 1.82) is 0 Å². The van der Waals surface area contributed by atoms with E-state index in [1.54, 1.807) is 30.3 Å². The molecule has 1 atom stereocenters. The van der Waals surface area contributed by atoms with E-state index in [-0.39, 0.29) is 24.3 Å². The molecular formula is C25H23ClF2N2O4. The second-order valence-electron chi connectivity index (χ2n) is 7.50. The Hall–Kier alpha value is -3.20. The molecule has 0 aromatic heterocycles. The van der Waals surface area contributed by atoms with E-state index in [0.29, 0.717) is 5.56 Å². The van der Waals surface area contributed by atoms with Gasteiger partial charge in [0, 0.05) is 39.8 Å². The van der Waals surface area contributed by atoms with Gasteiger partial charge in [-0.05, 0) is 24.7 Å². The number of carbonyl (C=O) groups excluding carboxylic acids is 1. The number of nitrogens with one attached hydrogen (secondary N) is 1. The third kappa shape index (κ3) is 4.09. The minimum absolute atomic E-state index is 0.0756. The first-order chi connectivity index (χ1) is 18.9. The Labute approximate surface area is 210 Å². The second-order valence-corrected chi connectivity index (χ2v) is 7.88. The number of rotatable bonds is 8. The molecule has 178 valence electrons. The minimum atomic E-state index is -3.57. The quantitative estimate of drug-likeness (QED) is 0.442. The molecule has 1 heterocycles. The topological polar surface area (TPSA) is 93.8 Å². The van der Waals surface area contributed by atoms with Gasteiger partial charge in [-0.2, -0.15) is 0 Å². The largest absolute Gasteiger partial charge is 0.488 e. The smallest absolute Gasteiger partial charge is 0.249 e. The number of nitrogens with two attached hydrogens (primary N) is 1. The Morgan fingerprint density at radius 1 is 1.32 bits per heavy atom. The SMILES string of the molecule is [2H]C([2H])([2H])NC[C@@]1(c2ccccc2)Cc2c(cc(F)c(Cl)c2-c2c(C(N)=O)ccc(OC([2H])([2H])C([2H])([2H])O)c2F)O1. The molecule has 0 aliphatic carbocycles. The molecule has 34 heavy (non-hydrogen) atoms. The van der Waals surface area contributed by atoms with E-state index in [4.69, 9.17) is 36.4 Å². The number of primary amides is 1. The van der Waals surface area contributed by atoms with Crippen molar-refractivity contribution in [3.05, 3.63) is 81.9 Å². The van der Waals surface area contributed by atoms with Gasteiger partial charge >= 0.3 is 0 Å². The van der Waals surface area contributed by atoms with Crippen LogP contribution >= 0.6 is 11.6 Å². The number of carbonyl (C=O) groups is 1. The lowest BCUT2D eigenvalue weighted by molar-refractivity contribution is 0.0940. The van der Waals surface area contributed by atoms with Gasteiger partial charge in [-0.25, -0.2) is 8.78 Å². The number of fused-ring (bicyclic) bond motifs is 1. The third-order valence-electron chi connectivity index (χ3n) is 5.56. The predicted molar refractivity (Wildman–Crippen MR) is 124 cm³/mol. The van der Waals surface area contributed by atoms with Crippen molar-refractivity contribution in [2.24, 2.45) is 5.73 Å². The Balaban J connectivity index is 1.96. The van der Waals surface area contributed by atoms with Gasteiger partial charge in [-0.1, -0.05) is 41.9 Å². The number of hydrogen-bond donors (Lipinski definition) is 3. The maximum Gasteiger partial charge on any atom is 0.249 e. The van der Waals surface area contributed by atoms with E-state index in [9.17, 15) is 9.90 Å². The zero-order valence-electron chi connectivity index (χ0n) is 24.4. The number of hydrogen-bond acceptors (Lipinski definition) is 5. The molecule has 3 aromatic carbocycles. The highest BCUT2D eigenvalue weighted by molar-refractivity contribution is 6.34. The number of ether oxygens (including phenoxy) is 2. The molecule has 0 bridgehead atoms. The van der Waals surface area contributed by atoms with E-state index in [0.717, 1.165) is 18.2 Å². The first-order valence-corrected chi connectivity index (χ1v) is 10.3. The van der Waals surface area contributed by atoms with Crippen LogP contribution in [-0.4, -0.2) is 37.7 Å². The lowest BCUT2D eigenvalue weighted by atomic mass is 9.85. The number of likely N-dealkylation sites (N-methyl/N-ethyl adjacent to an activating group) is 1. The van der Waals surface area contributed by atoms with Crippen molar-refractivity contribution in [3.8, 4) is 22.6 Å². The van der Waals surface area contributed by atoms with Crippen molar-refractivity contribution >= 4 is 17.5 Å². The van der Waals surface area contributed by atoms with Gasteiger partial charge in [0.1, 0.15) is 18.1 Å². The monoisotopic (exact) mass is 495 g/mol. The summed E-state index contributed by atoms with van der Waals surface area (Å²) in [5.41, 5.74) is 3.00. The Kier molecular flexibility index (Phi) is 4.63. The highest BCUT2D eigenvalue weighted by Gasteiger charge is 2.43. The summed E-state index contributed by atoms with van der Waals surface area (Å²) in [6, 6.07) is 11.0. The lowest BCUT2D eigenvalue weighted by Crippen LogP contribution is -2.41. The molecule has 9 heteroatoms. The fourth-order valence-electron chi connectivity index (χ4n) is 4.11. The summed E-state index contributed by atoms with van der Waals surface area (Å²) < 4.78 is 94.9. The van der Waals surface area contributed by atoms with Crippen LogP contribution in [0.4, 0.5) is 8.78 Å². The van der Waals surface area contributed by atoms with Crippen LogP contribution in [0.2, 0.25) is 5.02 Å². The molecule has 4 rings (SSSR count). The van der Waals surface area contributed by atoms with E-state index in [1.165, 1.54) is 0 Å². The molecule has 3 aromatic rings. The number of benzene rings is 3. The van der Waals surface area contributed by atoms with Crippen molar-refractivity contribution in [2.75, 3.05) is 26.6 Å². The Bertz CT molecular complexity index is 1500. The van der Waals surface area contributed by atoms with Gasteiger partial charge in [0.05, 0.1) is 22.6 Å². The average molecular weight is 496 g/mol. The number of halogens is 3. The highest BCUT2D eigenvalue weighted by Crippen LogP contribution is 2.50. The standard InChI is InChI=1S/C25H23ClF2N2O4/c1-30-13-25(14-5-3-2-4-6-14)12-16-19(34-25)11-17(27)22(26)20(16)21-15(24(29)32)7-8-18(23(21)28)33-10-9-31/h2-8,11,30-31H,9-10,12-13H2,1H3,(H2,29,32)/t25-/m1/s1/i1D3,9D2,10D2. The van der Waals surface area contributed by atoms with E-state index in [1.807, 2.05) is 0 Å². The van der Waals surface area contributed by atoms with Gasteiger partial charge in [-0.15, -0.1) is 0 Å². The van der Waals surface area contributed by atoms with Crippen LogP contribution in [0.15, 0.2) is 48.5 Å². The zero-order chi connectivity index (χ0) is 30.5. The van der Waals surface area contributed by atoms with Crippen LogP contribution in [0, 0.1) is 11.6 Å². The van der Waals surface area contributed by atoms with E-state index in [2.05, 4.69) is 5.32 Å². The molecule has 1 aliphatic heterocycles. The van der Waals surface area contributed by atoms with Gasteiger partial charge in [0.2, 0.25) is 5.91 Å². The van der Waals surface area contributed by atoms with Crippen LogP contribution in [0.25, 0.3) is 11.1 Å². The van der Waals surface area contributed by atoms with E-state index >= 15 is 8.78 Å². The maximum atomic E-state index is 16.1. The first-order valence-electron chi connectivity index (χ1n) is 13.4. The lowest BCUT2D eigenvalue weighted by Gasteiger charge is -2.29. The van der Waals surface area contributed by atoms with Gasteiger partial charge < -0.3 is 25.6 Å². The van der Waals surface area contributed by atoms with Crippen LogP contribution in [0.3, 0.4) is 0 Å². The van der Waals surface area contributed by atoms with Crippen molar-refractivity contribution < 1.29 is 37.8 Å². The van der Waals surface area contributed by atoms with Crippen LogP contribution in [-0.2, 0) is 12.0 Å². The highest BCUT2D eigenvalue weighted by atomic mass is 35.5. The third-order valence-corrected chi connectivity index (χ3v) is 5.93. The summed E-state index contributed by atoms with van der Waals surface area (Å²) in [6.07, 6.45) is -0.187. The molecule has 1 amide bonds. The summed E-state index contributed by atoms with van der Waals surface area (Å²) >= 11 is 6.34. The van der Waals surface area contributed by atoms with Gasteiger partial charge in [0.15, 0.2) is 17.2 Å². The fraction of sp³-hybridized carbons (Fsp3) is 0.240. The Morgan fingerprint density at radius 3 is 2.76 bits per heavy atom. The van der Waals surface area contributed by atoms with Crippen molar-refractivity contribution in [3.63, 3.8) is 0 Å². The zero-order valence-corrected chi connectivity index (χ0v) is 18.2. The minimum Gasteiger partial charge on any atom is -0.488 e. The summed E-state index contributed by atoms with van der Waals surface area (Å²) in [6.45, 7) is -9.92. The molecule has 1 aliphatic rings. The molecule has 0 fully saturated rings. The molecule has 0 unspecified atom stereocenters. The molecule has 4 N–H and O–H groups in total. The summed E-state index contributed by atoms with van der Waals surface area (Å²) in [4.78, 5) is 12.4. The predicted octanol–water partition coefficient (Wildman–Crippen LogP) is 3.81. The fourth-order valence-corrected chi connectivity index (χ4v) is 4.37. The van der Waals surface area contributed by atoms with Crippen LogP contribution < -0.4 is 20.5 Å². The van der Waals surface area contributed by atoms with Gasteiger partial charge in [0.25, 0.3) is 0 Å². The second kappa shape index (κ2) is 9.58. The first kappa shape index (κ1) is 16.4. The summed E-state index contributed by atoms with van der Waals surface area (Å²) in [5, 5.41) is 11.3. The summed E-state index contributed by atoms with van der Waals surface area (Å²) in [5.74, 6) is -4.80. The molecular weight excluding hydrogens is 466 g/mol. The van der Waals surface area contributed by atoms with E-state index < -0.39 is 70.7 Å². The summed E-state index contributed by atoms with van der Waals surface area (Å²) in [7, 11) is 0. The molecule has 0 saturated heterocycles. The Morgan fingerprint density at radius 2 is 2.09 bits per heavy atom. The van der Waals surface area contributed by atoms with Gasteiger partial charge in [-0.3, -0.25) is 4.79 Å². The average Bonchev–Trinajstić information content (AvgIpc) is 3.23. The normalized spacial score (nSPS) is 21.0. The maximum absolute atomic E-state index is 16.1. The van der Waals surface area contributed by atoms with Crippen LogP contribution in [0.5, 0.6) is 11.5 Å². The van der Waals surface area contributed by atoms with Crippen molar-refractivity contribution in [1.82, 2.24) is 5.32 Å². The molecule has 6 nitrogen and oxygen atoms in total. The molecule has 0 radical (unpaired) electrons. The number of aliphatic hydroxyl groups is 1. The molecule has 0 saturated carbocycles. The van der Waals surface area contributed by atoms with Crippen molar-refractivity contribution in [2.45, 2.75) is 12.0 Å². The van der Waals surface area contributed by atoms with Crippen LogP contribution in [0.1, 0.15) is 31.1 Å².